The Morgan fingerprint density at radius 2 is 1.71 bits per heavy atom. The first kappa shape index (κ1) is 23.5. The number of hydrogen-bond acceptors (Lipinski definition) is 6. The Bertz CT molecular complexity index is 1060. The number of methoxy groups -OCH3 is 1. The highest BCUT2D eigenvalue weighted by Gasteiger charge is 2.33. The van der Waals surface area contributed by atoms with Gasteiger partial charge in [-0.25, -0.2) is 8.42 Å². The van der Waals surface area contributed by atoms with Gasteiger partial charge in [-0.3, -0.25) is 9.59 Å². The molecule has 1 fully saturated rings. The van der Waals surface area contributed by atoms with E-state index in [1.807, 2.05) is 0 Å². The minimum atomic E-state index is -3.66. The van der Waals surface area contributed by atoms with Crippen molar-refractivity contribution in [2.75, 3.05) is 26.8 Å². The lowest BCUT2D eigenvalue weighted by atomic mass is 9.98. The van der Waals surface area contributed by atoms with Gasteiger partial charge >= 0.3 is 5.97 Å². The van der Waals surface area contributed by atoms with E-state index < -0.39 is 34.3 Å². The third kappa shape index (κ3) is 5.57. The van der Waals surface area contributed by atoms with E-state index in [1.54, 1.807) is 12.1 Å². The Morgan fingerprint density at radius 1 is 1.06 bits per heavy atom. The lowest BCUT2D eigenvalue weighted by Crippen LogP contribution is -2.40. The predicted molar refractivity (Wildman–Crippen MR) is 116 cm³/mol. The van der Waals surface area contributed by atoms with E-state index in [1.165, 1.54) is 41.7 Å². The number of carbonyl (C=O) groups is 2. The van der Waals surface area contributed by atoms with Crippen molar-refractivity contribution in [1.29, 1.82) is 0 Å². The van der Waals surface area contributed by atoms with Crippen molar-refractivity contribution in [3.63, 3.8) is 0 Å². The second kappa shape index (κ2) is 9.99. The van der Waals surface area contributed by atoms with Crippen molar-refractivity contribution in [3.8, 4) is 5.75 Å². The number of ether oxygens (including phenoxy) is 2. The fourth-order valence-electron chi connectivity index (χ4n) is 3.28. The molecule has 0 bridgehead atoms. The molecule has 0 spiro atoms. The van der Waals surface area contributed by atoms with Crippen LogP contribution in [0.1, 0.15) is 23.2 Å². The fourth-order valence-corrected chi connectivity index (χ4v) is 5.26. The van der Waals surface area contributed by atoms with E-state index in [-0.39, 0.29) is 28.6 Å². The molecule has 1 heterocycles. The van der Waals surface area contributed by atoms with Gasteiger partial charge in [0.2, 0.25) is 15.8 Å². The molecule has 0 unspecified atom stereocenters. The molecule has 1 saturated heterocycles. The van der Waals surface area contributed by atoms with Crippen molar-refractivity contribution in [2.24, 2.45) is 5.92 Å². The maximum absolute atomic E-state index is 12.8. The summed E-state index contributed by atoms with van der Waals surface area (Å²) in [5.74, 6) is -0.875. The van der Waals surface area contributed by atoms with E-state index in [0.717, 1.165) is 0 Å². The first-order valence-electron chi connectivity index (χ1n) is 9.51. The fraction of sp³-hybridized carbons (Fsp3) is 0.333. The van der Waals surface area contributed by atoms with Crippen LogP contribution in [0.2, 0.25) is 10.0 Å². The monoisotopic (exact) mass is 485 g/mol. The normalized spacial score (nSPS) is 15.5. The zero-order chi connectivity index (χ0) is 22.6. The highest BCUT2D eigenvalue weighted by atomic mass is 35.5. The van der Waals surface area contributed by atoms with Gasteiger partial charge in [0.15, 0.2) is 6.61 Å². The quantitative estimate of drug-likeness (QED) is 0.437. The number of hydrogen-bond donors (Lipinski definition) is 0. The molecule has 0 radical (unpaired) electrons. The second-order valence-corrected chi connectivity index (χ2v) is 9.79. The van der Waals surface area contributed by atoms with E-state index in [4.69, 9.17) is 32.7 Å². The second-order valence-electron chi connectivity index (χ2n) is 7.01. The third-order valence-electron chi connectivity index (χ3n) is 5.06. The molecule has 0 atom stereocenters. The third-order valence-corrected chi connectivity index (χ3v) is 7.52. The van der Waals surface area contributed by atoms with Gasteiger partial charge in [-0.05, 0) is 55.3 Å². The van der Waals surface area contributed by atoms with E-state index in [0.29, 0.717) is 23.6 Å². The molecular formula is C21H21Cl2NO6S. The van der Waals surface area contributed by atoms with Crippen molar-refractivity contribution >= 4 is 45.0 Å². The minimum Gasteiger partial charge on any atom is -0.497 e. The number of halogens is 2. The molecule has 0 saturated carbocycles. The van der Waals surface area contributed by atoms with Crippen LogP contribution in [0.5, 0.6) is 5.75 Å². The van der Waals surface area contributed by atoms with E-state index in [9.17, 15) is 18.0 Å². The molecular weight excluding hydrogens is 465 g/mol. The van der Waals surface area contributed by atoms with E-state index in [2.05, 4.69) is 0 Å². The predicted octanol–water partition coefficient (Wildman–Crippen LogP) is 3.83. The standard InChI is InChI=1S/C21H21Cl2NO6S/c1-29-16-3-5-17(6-4-16)31(27,28)24-10-8-14(9-11-24)21(26)30-13-20(25)18-7-2-15(22)12-19(18)23/h2-7,12,14H,8-11,13H2,1H3. The number of sulfonamides is 1. The number of Topliss-reactive ketones (excluding diaryl/α,β-unsaturated/α-hetero) is 1. The number of rotatable bonds is 7. The molecule has 31 heavy (non-hydrogen) atoms. The van der Waals surface area contributed by atoms with Gasteiger partial charge in [0.25, 0.3) is 0 Å². The van der Waals surface area contributed by atoms with Crippen LogP contribution >= 0.6 is 23.2 Å². The molecule has 0 N–H and O–H groups in total. The summed E-state index contributed by atoms with van der Waals surface area (Å²) < 4.78 is 37.1. The van der Waals surface area contributed by atoms with Crippen LogP contribution in [0.15, 0.2) is 47.4 Å². The van der Waals surface area contributed by atoms with Crippen LogP contribution < -0.4 is 4.74 Å². The lowest BCUT2D eigenvalue weighted by Gasteiger charge is -2.30. The maximum atomic E-state index is 12.8. The van der Waals surface area contributed by atoms with Gasteiger partial charge in [0.1, 0.15) is 5.75 Å². The maximum Gasteiger partial charge on any atom is 0.309 e. The van der Waals surface area contributed by atoms with Gasteiger partial charge in [-0.1, -0.05) is 23.2 Å². The minimum absolute atomic E-state index is 0.166. The zero-order valence-electron chi connectivity index (χ0n) is 16.7. The summed E-state index contributed by atoms with van der Waals surface area (Å²) in [6.45, 7) is -0.0687. The average molecular weight is 486 g/mol. The van der Waals surface area contributed by atoms with Gasteiger partial charge in [0, 0.05) is 23.7 Å². The highest BCUT2D eigenvalue weighted by Crippen LogP contribution is 2.26. The summed E-state index contributed by atoms with van der Waals surface area (Å²) in [7, 11) is -2.16. The highest BCUT2D eigenvalue weighted by molar-refractivity contribution is 7.89. The first-order chi connectivity index (χ1) is 14.7. The Labute approximate surface area is 190 Å². The van der Waals surface area contributed by atoms with Gasteiger partial charge in [0.05, 0.1) is 22.9 Å². The van der Waals surface area contributed by atoms with Crippen LogP contribution in [0, 0.1) is 5.92 Å². The summed E-state index contributed by atoms with van der Waals surface area (Å²) in [6, 6.07) is 10.6. The van der Waals surface area contributed by atoms with Crippen LogP contribution in [0.4, 0.5) is 0 Å². The Hall–Kier alpha value is -2.13. The summed E-state index contributed by atoms with van der Waals surface area (Å²) >= 11 is 11.8. The molecule has 10 heteroatoms. The van der Waals surface area contributed by atoms with Crippen molar-refractivity contribution in [1.82, 2.24) is 4.31 Å². The number of esters is 1. The zero-order valence-corrected chi connectivity index (χ0v) is 19.0. The topological polar surface area (TPSA) is 90.0 Å². The number of carbonyl (C=O) groups excluding carboxylic acids is 2. The molecule has 0 aliphatic carbocycles. The molecule has 0 aromatic heterocycles. The summed E-state index contributed by atoms with van der Waals surface area (Å²) in [5, 5.41) is 0.584. The molecule has 0 amide bonds. The SMILES string of the molecule is COc1ccc(S(=O)(=O)N2CCC(C(=O)OCC(=O)c3ccc(Cl)cc3Cl)CC2)cc1. The number of benzene rings is 2. The number of ketones is 1. The lowest BCUT2D eigenvalue weighted by molar-refractivity contribution is -0.148. The number of piperidine rings is 1. The van der Waals surface area contributed by atoms with Crippen molar-refractivity contribution in [2.45, 2.75) is 17.7 Å². The first-order valence-corrected chi connectivity index (χ1v) is 11.7. The summed E-state index contributed by atoms with van der Waals surface area (Å²) in [5.41, 5.74) is 0.222. The Kier molecular flexibility index (Phi) is 7.59. The molecule has 3 rings (SSSR count). The summed E-state index contributed by atoms with van der Waals surface area (Å²) in [6.07, 6.45) is 0.619. The number of nitrogens with zero attached hydrogens (tertiary/aromatic N) is 1. The largest absolute Gasteiger partial charge is 0.497 e. The molecule has 2 aromatic carbocycles. The van der Waals surface area contributed by atoms with Crippen LogP contribution in [0.25, 0.3) is 0 Å². The molecule has 7 nitrogen and oxygen atoms in total. The average Bonchev–Trinajstić information content (AvgIpc) is 2.77. The Morgan fingerprint density at radius 3 is 2.29 bits per heavy atom. The van der Waals surface area contributed by atoms with Crippen LogP contribution in [-0.2, 0) is 19.6 Å². The van der Waals surface area contributed by atoms with Crippen LogP contribution in [-0.4, -0.2) is 51.3 Å². The summed E-state index contributed by atoms with van der Waals surface area (Å²) in [4.78, 5) is 24.8. The smallest absolute Gasteiger partial charge is 0.309 e. The molecule has 2 aromatic rings. The van der Waals surface area contributed by atoms with Crippen LogP contribution in [0.3, 0.4) is 0 Å². The van der Waals surface area contributed by atoms with Gasteiger partial charge in [-0.2, -0.15) is 4.31 Å². The van der Waals surface area contributed by atoms with Gasteiger partial charge < -0.3 is 9.47 Å². The van der Waals surface area contributed by atoms with Gasteiger partial charge in [-0.15, -0.1) is 0 Å². The van der Waals surface area contributed by atoms with Crippen molar-refractivity contribution in [3.05, 3.63) is 58.1 Å². The molecule has 1 aliphatic heterocycles. The van der Waals surface area contributed by atoms with Crippen molar-refractivity contribution < 1.29 is 27.5 Å². The van der Waals surface area contributed by atoms with E-state index >= 15 is 0 Å². The Balaban J connectivity index is 1.53. The molecule has 166 valence electrons. The molecule has 1 aliphatic rings.